The first-order chi connectivity index (χ1) is 5.83. The number of rotatable bonds is 1. The minimum absolute atomic E-state index is 0.897. The number of fused-ring (bicyclic) bond motifs is 1. The van der Waals surface area contributed by atoms with Crippen molar-refractivity contribution in [3.05, 3.63) is 34.4 Å². The number of hydrogen-bond acceptors (Lipinski definition) is 0. The molecule has 2 rings (SSSR count). The van der Waals surface area contributed by atoms with Crippen LogP contribution < -0.4 is 0 Å². The number of H-pyrrole nitrogens is 1. The van der Waals surface area contributed by atoms with E-state index in [-0.39, 0.29) is 0 Å². The average molecular weight is 289 g/mol. The summed E-state index contributed by atoms with van der Waals surface area (Å²) in [5, 5.41) is 2.18. The standard InChI is InChI=1S/C9H7Br2N/c10-5-6-1-2-8(11)9-7(6)3-4-12-9/h1-4,12H,5H2. The summed E-state index contributed by atoms with van der Waals surface area (Å²) in [5.41, 5.74) is 2.49. The van der Waals surface area contributed by atoms with Crippen molar-refractivity contribution in [2.75, 3.05) is 0 Å². The molecule has 0 saturated carbocycles. The molecule has 2 aromatic rings. The van der Waals surface area contributed by atoms with Gasteiger partial charge in [-0.3, -0.25) is 0 Å². The molecule has 0 unspecified atom stereocenters. The Morgan fingerprint density at radius 3 is 2.83 bits per heavy atom. The molecule has 1 aromatic carbocycles. The van der Waals surface area contributed by atoms with Crippen LogP contribution in [-0.4, -0.2) is 4.98 Å². The third kappa shape index (κ3) is 1.21. The Morgan fingerprint density at radius 2 is 2.08 bits per heavy atom. The first-order valence-electron chi connectivity index (χ1n) is 3.63. The Kier molecular flexibility index (Phi) is 2.24. The molecule has 1 nitrogen and oxygen atoms in total. The summed E-state index contributed by atoms with van der Waals surface area (Å²) in [6.07, 6.45) is 1.96. The van der Waals surface area contributed by atoms with Crippen LogP contribution in [-0.2, 0) is 5.33 Å². The highest BCUT2D eigenvalue weighted by atomic mass is 79.9. The van der Waals surface area contributed by atoms with E-state index in [9.17, 15) is 0 Å². The summed E-state index contributed by atoms with van der Waals surface area (Å²) < 4.78 is 1.12. The van der Waals surface area contributed by atoms with E-state index >= 15 is 0 Å². The second kappa shape index (κ2) is 3.23. The van der Waals surface area contributed by atoms with E-state index in [0.717, 1.165) is 9.80 Å². The summed E-state index contributed by atoms with van der Waals surface area (Å²) in [6, 6.07) is 6.28. The molecule has 0 aliphatic rings. The largest absolute Gasteiger partial charge is 0.360 e. The van der Waals surface area contributed by atoms with Crippen molar-refractivity contribution in [2.45, 2.75) is 5.33 Å². The van der Waals surface area contributed by atoms with Crippen LogP contribution in [0.25, 0.3) is 10.9 Å². The van der Waals surface area contributed by atoms with Gasteiger partial charge in [-0.1, -0.05) is 22.0 Å². The lowest BCUT2D eigenvalue weighted by molar-refractivity contribution is 1.44. The van der Waals surface area contributed by atoms with E-state index in [2.05, 4.69) is 55.0 Å². The van der Waals surface area contributed by atoms with Crippen molar-refractivity contribution in [1.29, 1.82) is 0 Å². The zero-order valence-electron chi connectivity index (χ0n) is 6.27. The minimum atomic E-state index is 0.897. The van der Waals surface area contributed by atoms with Crippen LogP contribution in [0.15, 0.2) is 28.9 Å². The van der Waals surface area contributed by atoms with Crippen molar-refractivity contribution >= 4 is 42.8 Å². The fourth-order valence-electron chi connectivity index (χ4n) is 1.30. The predicted octanol–water partition coefficient (Wildman–Crippen LogP) is 3.83. The molecule has 0 bridgehead atoms. The fraction of sp³-hybridized carbons (Fsp3) is 0.111. The summed E-state index contributed by atoms with van der Waals surface area (Å²) in [5.74, 6) is 0. The van der Waals surface area contributed by atoms with Crippen molar-refractivity contribution in [3.63, 3.8) is 0 Å². The van der Waals surface area contributed by atoms with Crippen molar-refractivity contribution < 1.29 is 0 Å². The van der Waals surface area contributed by atoms with Crippen LogP contribution in [0, 0.1) is 0 Å². The van der Waals surface area contributed by atoms with Gasteiger partial charge < -0.3 is 4.98 Å². The van der Waals surface area contributed by atoms with Gasteiger partial charge in [0.15, 0.2) is 0 Å². The van der Waals surface area contributed by atoms with Crippen molar-refractivity contribution in [2.24, 2.45) is 0 Å². The number of nitrogens with one attached hydrogen (secondary N) is 1. The van der Waals surface area contributed by atoms with Gasteiger partial charge in [0.1, 0.15) is 0 Å². The predicted molar refractivity (Wildman–Crippen MR) is 58.6 cm³/mol. The lowest BCUT2D eigenvalue weighted by Crippen LogP contribution is -1.79. The Balaban J connectivity index is 2.82. The molecule has 0 fully saturated rings. The van der Waals surface area contributed by atoms with Crippen molar-refractivity contribution in [1.82, 2.24) is 4.98 Å². The quantitative estimate of drug-likeness (QED) is 0.768. The van der Waals surface area contributed by atoms with Gasteiger partial charge in [0.25, 0.3) is 0 Å². The molecule has 0 aliphatic heterocycles. The fourth-order valence-corrected chi connectivity index (χ4v) is 2.25. The van der Waals surface area contributed by atoms with Gasteiger partial charge >= 0.3 is 0 Å². The van der Waals surface area contributed by atoms with E-state index in [0.29, 0.717) is 0 Å². The monoisotopic (exact) mass is 287 g/mol. The molecule has 12 heavy (non-hydrogen) atoms. The maximum Gasteiger partial charge on any atom is 0.0601 e. The molecule has 0 amide bonds. The molecule has 62 valence electrons. The Bertz CT molecular complexity index is 406. The van der Waals surface area contributed by atoms with Gasteiger partial charge in [0.2, 0.25) is 0 Å². The highest BCUT2D eigenvalue weighted by Crippen LogP contribution is 2.26. The maximum absolute atomic E-state index is 3.49. The lowest BCUT2D eigenvalue weighted by atomic mass is 10.1. The number of aromatic amines is 1. The average Bonchev–Trinajstić information content (AvgIpc) is 2.54. The summed E-state index contributed by atoms with van der Waals surface area (Å²) >= 11 is 6.95. The molecule has 1 N–H and O–H groups in total. The molecule has 0 spiro atoms. The van der Waals surface area contributed by atoms with Gasteiger partial charge in [-0.15, -0.1) is 0 Å². The van der Waals surface area contributed by atoms with Crippen LogP contribution in [0.4, 0.5) is 0 Å². The minimum Gasteiger partial charge on any atom is -0.360 e. The summed E-state index contributed by atoms with van der Waals surface area (Å²) in [4.78, 5) is 3.19. The number of aromatic nitrogens is 1. The Hall–Kier alpha value is -0.280. The third-order valence-electron chi connectivity index (χ3n) is 1.91. The first-order valence-corrected chi connectivity index (χ1v) is 5.55. The summed E-state index contributed by atoms with van der Waals surface area (Å²) in [6.45, 7) is 0. The molecule has 0 radical (unpaired) electrons. The highest BCUT2D eigenvalue weighted by molar-refractivity contribution is 9.10. The first kappa shape index (κ1) is 8.32. The Labute approximate surface area is 87.4 Å². The van der Waals surface area contributed by atoms with Crippen LogP contribution >= 0.6 is 31.9 Å². The SMILES string of the molecule is BrCc1ccc(Br)c2[nH]ccc12. The van der Waals surface area contributed by atoms with Gasteiger partial charge in [-0.2, -0.15) is 0 Å². The van der Waals surface area contributed by atoms with E-state index in [4.69, 9.17) is 0 Å². The van der Waals surface area contributed by atoms with E-state index < -0.39 is 0 Å². The normalized spacial score (nSPS) is 10.8. The number of hydrogen-bond donors (Lipinski definition) is 1. The molecule has 1 aromatic heterocycles. The molecular weight excluding hydrogens is 282 g/mol. The van der Waals surface area contributed by atoms with Gasteiger partial charge in [0, 0.05) is 21.4 Å². The third-order valence-corrected chi connectivity index (χ3v) is 3.17. The highest BCUT2D eigenvalue weighted by Gasteiger charge is 2.03. The number of benzene rings is 1. The molecule has 0 atom stereocenters. The molecule has 3 heteroatoms. The second-order valence-corrected chi connectivity index (χ2v) is 4.02. The Morgan fingerprint density at radius 1 is 1.25 bits per heavy atom. The van der Waals surface area contributed by atoms with E-state index in [1.807, 2.05) is 6.20 Å². The number of halogens is 2. The van der Waals surface area contributed by atoms with E-state index in [1.165, 1.54) is 16.5 Å². The van der Waals surface area contributed by atoms with Gasteiger partial charge in [-0.25, -0.2) is 0 Å². The maximum atomic E-state index is 3.49. The van der Waals surface area contributed by atoms with Gasteiger partial charge in [-0.05, 0) is 33.6 Å². The van der Waals surface area contributed by atoms with Crippen molar-refractivity contribution in [3.8, 4) is 0 Å². The lowest BCUT2D eigenvalue weighted by Gasteiger charge is -1.99. The second-order valence-electron chi connectivity index (χ2n) is 2.61. The number of alkyl halides is 1. The molecule has 1 heterocycles. The molecule has 0 saturated heterocycles. The van der Waals surface area contributed by atoms with Crippen LogP contribution in [0.1, 0.15) is 5.56 Å². The zero-order chi connectivity index (χ0) is 8.55. The molecular formula is C9H7Br2N. The summed E-state index contributed by atoms with van der Waals surface area (Å²) in [7, 11) is 0. The van der Waals surface area contributed by atoms with Crippen LogP contribution in [0.2, 0.25) is 0 Å². The van der Waals surface area contributed by atoms with Crippen LogP contribution in [0.5, 0.6) is 0 Å². The molecule has 0 aliphatic carbocycles. The zero-order valence-corrected chi connectivity index (χ0v) is 9.44. The topological polar surface area (TPSA) is 15.8 Å². The smallest absolute Gasteiger partial charge is 0.0601 e. The van der Waals surface area contributed by atoms with E-state index in [1.54, 1.807) is 0 Å². The van der Waals surface area contributed by atoms with Crippen LogP contribution in [0.3, 0.4) is 0 Å². The van der Waals surface area contributed by atoms with Gasteiger partial charge in [0.05, 0.1) is 5.52 Å².